The van der Waals surface area contributed by atoms with Crippen molar-refractivity contribution in [1.82, 2.24) is 31.9 Å². The van der Waals surface area contributed by atoms with Gasteiger partial charge in [0, 0.05) is 69.4 Å². The Morgan fingerprint density at radius 1 is 0.469 bits per heavy atom. The summed E-state index contributed by atoms with van der Waals surface area (Å²) in [6.07, 6.45) is -1.01. The van der Waals surface area contributed by atoms with Gasteiger partial charge in [0.2, 0.25) is 29.5 Å². The molecule has 0 saturated carbocycles. The smallest absolute Gasteiger partial charge is 0.408 e. The van der Waals surface area contributed by atoms with Gasteiger partial charge in [0.1, 0.15) is 48.9 Å². The summed E-state index contributed by atoms with van der Waals surface area (Å²) >= 11 is 0. The van der Waals surface area contributed by atoms with Crippen LogP contribution < -0.4 is 31.9 Å². The molecule has 3 aromatic rings. The van der Waals surface area contributed by atoms with Crippen LogP contribution in [0.15, 0.2) is 91.0 Å². The average Bonchev–Trinajstić information content (AvgIpc) is 0.911. The van der Waals surface area contributed by atoms with Crippen LogP contribution in [-0.2, 0) is 106 Å². The van der Waals surface area contributed by atoms with Crippen molar-refractivity contribution >= 4 is 76.7 Å². The van der Waals surface area contributed by atoms with Gasteiger partial charge in [-0.05, 0) is 129 Å². The minimum Gasteiger partial charge on any atom is -0.461 e. The van der Waals surface area contributed by atoms with Crippen LogP contribution in [-0.4, -0.2) is 152 Å². The van der Waals surface area contributed by atoms with Gasteiger partial charge in [-0.2, -0.15) is 0 Å². The largest absolute Gasteiger partial charge is 0.461 e. The first-order chi connectivity index (χ1) is 46.3. The van der Waals surface area contributed by atoms with E-state index in [1.807, 2.05) is 50.2 Å². The summed E-state index contributed by atoms with van der Waals surface area (Å²) in [6.45, 7) is 15.9. The number of carbonyl (C=O) groups excluding carboxylic acids is 13. The number of alkyl carbamates (subject to hydrolysis) is 1. The molecule has 3 rings (SSSR count). The lowest BCUT2D eigenvalue weighted by molar-refractivity contribution is -0.159. The maximum Gasteiger partial charge on any atom is 0.408 e. The first-order valence-corrected chi connectivity index (χ1v) is 33.6. The third-order valence-corrected chi connectivity index (χ3v) is 14.8. The average molecular weight is 1370 g/mol. The van der Waals surface area contributed by atoms with E-state index >= 15 is 0 Å². The van der Waals surface area contributed by atoms with E-state index in [-0.39, 0.29) is 146 Å². The monoisotopic (exact) mass is 1370 g/mol. The lowest BCUT2D eigenvalue weighted by Gasteiger charge is -2.25. The van der Waals surface area contributed by atoms with Crippen LogP contribution in [0.3, 0.4) is 0 Å². The molecule has 0 radical (unpaired) electrons. The normalized spacial score (nSPS) is 13.2. The van der Waals surface area contributed by atoms with Crippen LogP contribution in [0.4, 0.5) is 4.79 Å². The number of ether oxygens (including phenoxy) is 6. The molecule has 0 aliphatic rings. The SMILES string of the molecule is CC(=O)CCC(NC(=O)CCC(CC(=O)COCCOCCNC(=O)CCC(NC(=O)CCCC(CC(C)C)NC(=O)C(CC(=O)CNC(=O)OC(C)(C)C)Cc1ccccc1)C(=O)OC(C)(C)C)C(=O)NC(CCC(=O)OCc1ccccc1)C(C)=O)C(=O)OCc1ccccc1. The first kappa shape index (κ1) is 83.5. The lowest BCUT2D eigenvalue weighted by Crippen LogP contribution is -2.45. The fraction of sp³-hybridized carbons (Fsp3) is 0.575. The van der Waals surface area contributed by atoms with Gasteiger partial charge in [-0.3, -0.25) is 43.2 Å². The highest BCUT2D eigenvalue weighted by Gasteiger charge is 2.32. The lowest BCUT2D eigenvalue weighted by atomic mass is 9.92. The van der Waals surface area contributed by atoms with Gasteiger partial charge in [-0.15, -0.1) is 0 Å². The third kappa shape index (κ3) is 38.9. The second-order valence-corrected chi connectivity index (χ2v) is 26.7. The van der Waals surface area contributed by atoms with Crippen molar-refractivity contribution in [3.8, 4) is 0 Å². The third-order valence-electron chi connectivity index (χ3n) is 14.8. The molecule has 6 N–H and O–H groups in total. The van der Waals surface area contributed by atoms with Crippen LogP contribution in [0.1, 0.15) is 176 Å². The van der Waals surface area contributed by atoms with Crippen LogP contribution >= 0.6 is 0 Å². The van der Waals surface area contributed by atoms with E-state index < -0.39 is 113 Å². The van der Waals surface area contributed by atoms with Gasteiger partial charge < -0.3 is 65.1 Å². The summed E-state index contributed by atoms with van der Waals surface area (Å²) in [4.78, 5) is 170. The number of rotatable bonds is 47. The fourth-order valence-electron chi connectivity index (χ4n) is 9.95. The van der Waals surface area contributed by atoms with E-state index in [0.29, 0.717) is 24.8 Å². The van der Waals surface area contributed by atoms with E-state index in [4.69, 9.17) is 28.4 Å². The Hall–Kier alpha value is -8.71. The predicted octanol–water partition coefficient (Wildman–Crippen LogP) is 7.34. The Bertz CT molecular complexity index is 3040. The van der Waals surface area contributed by atoms with Crippen LogP contribution in [0.5, 0.6) is 0 Å². The molecule has 0 aromatic heterocycles. The molecule has 25 heteroatoms. The maximum absolute atomic E-state index is 14.0. The van der Waals surface area contributed by atoms with Gasteiger partial charge >= 0.3 is 24.0 Å². The van der Waals surface area contributed by atoms with Gasteiger partial charge in [-0.1, -0.05) is 105 Å². The summed E-state index contributed by atoms with van der Waals surface area (Å²) in [5.74, 6) is -8.14. The second kappa shape index (κ2) is 45.0. The molecule has 0 heterocycles. The molecular formula is C73H104N6O19. The molecule has 3 aromatic carbocycles. The van der Waals surface area contributed by atoms with Gasteiger partial charge in [-0.25, -0.2) is 14.4 Å². The molecule has 6 amide bonds. The summed E-state index contributed by atoms with van der Waals surface area (Å²) in [5.41, 5.74) is 0.634. The predicted molar refractivity (Wildman–Crippen MR) is 363 cm³/mol. The highest BCUT2D eigenvalue weighted by Crippen LogP contribution is 2.20. The summed E-state index contributed by atoms with van der Waals surface area (Å²) in [6, 6.07) is 23.2. The van der Waals surface area contributed by atoms with E-state index in [9.17, 15) is 62.3 Å². The van der Waals surface area contributed by atoms with E-state index in [1.165, 1.54) is 13.8 Å². The molecule has 540 valence electrons. The zero-order chi connectivity index (χ0) is 72.6. The summed E-state index contributed by atoms with van der Waals surface area (Å²) < 4.78 is 32.8. The van der Waals surface area contributed by atoms with Crippen molar-refractivity contribution in [1.29, 1.82) is 0 Å². The second-order valence-electron chi connectivity index (χ2n) is 26.7. The van der Waals surface area contributed by atoms with Crippen LogP contribution in [0.2, 0.25) is 0 Å². The van der Waals surface area contributed by atoms with Crippen molar-refractivity contribution in [2.24, 2.45) is 17.8 Å². The summed E-state index contributed by atoms with van der Waals surface area (Å²) in [7, 11) is 0. The van der Waals surface area contributed by atoms with E-state index in [2.05, 4.69) is 31.9 Å². The van der Waals surface area contributed by atoms with Crippen LogP contribution in [0.25, 0.3) is 0 Å². The summed E-state index contributed by atoms with van der Waals surface area (Å²) in [5, 5.41) is 16.2. The number of esters is 3. The topological polar surface area (TPSA) is 349 Å². The van der Waals surface area contributed by atoms with E-state index in [0.717, 1.165) is 11.1 Å². The molecule has 0 bridgehead atoms. The Kier molecular flexibility index (Phi) is 38.3. The molecule has 0 aliphatic carbocycles. The van der Waals surface area contributed by atoms with Crippen molar-refractivity contribution in [2.75, 3.05) is 39.5 Å². The molecule has 0 aliphatic heterocycles. The zero-order valence-corrected chi connectivity index (χ0v) is 58.7. The number of ketones is 4. The number of hydrogen-bond donors (Lipinski definition) is 6. The Morgan fingerprint density at radius 2 is 0.990 bits per heavy atom. The van der Waals surface area contributed by atoms with Crippen molar-refractivity contribution in [3.05, 3.63) is 108 Å². The molecule has 98 heavy (non-hydrogen) atoms. The number of amides is 6. The number of Topliss-reactive ketones (excluding diaryl/α,β-unsaturated/α-hetero) is 4. The Balaban J connectivity index is 1.54. The fourth-order valence-corrected chi connectivity index (χ4v) is 9.95. The molecule has 25 nitrogen and oxygen atoms in total. The number of benzene rings is 3. The van der Waals surface area contributed by atoms with Crippen molar-refractivity contribution in [2.45, 2.75) is 214 Å². The Labute approximate surface area is 576 Å². The Morgan fingerprint density at radius 3 is 1.57 bits per heavy atom. The van der Waals surface area contributed by atoms with E-state index in [1.54, 1.807) is 96.1 Å². The number of hydrogen-bond acceptors (Lipinski definition) is 19. The molecule has 0 spiro atoms. The van der Waals surface area contributed by atoms with Crippen LogP contribution in [0, 0.1) is 17.8 Å². The van der Waals surface area contributed by atoms with Crippen molar-refractivity contribution in [3.63, 3.8) is 0 Å². The molecule has 6 atom stereocenters. The highest BCUT2D eigenvalue weighted by molar-refractivity contribution is 5.93. The minimum atomic E-state index is -1.20. The molecule has 6 unspecified atom stereocenters. The maximum atomic E-state index is 14.0. The zero-order valence-electron chi connectivity index (χ0n) is 58.7. The van der Waals surface area contributed by atoms with Crippen molar-refractivity contribution < 1.29 is 90.8 Å². The number of carbonyl (C=O) groups is 13. The molecule has 0 fully saturated rings. The first-order valence-electron chi connectivity index (χ1n) is 33.6. The quantitative estimate of drug-likeness (QED) is 0.0183. The minimum absolute atomic E-state index is 0.00689. The highest BCUT2D eigenvalue weighted by atomic mass is 16.6. The molecular weight excluding hydrogens is 1260 g/mol. The van der Waals surface area contributed by atoms with Gasteiger partial charge in [0.05, 0.1) is 32.4 Å². The van der Waals surface area contributed by atoms with Gasteiger partial charge in [0.15, 0.2) is 17.3 Å². The molecule has 0 saturated heterocycles. The standard InChI is InChI=1S/C73H104N6O19/c1-49(2)41-57(76-68(89)56(42-52-21-14-11-15-22-52)44-58(82)45-75-71(92)98-73(8,9)10)27-20-28-64(85)78-62(70(91)97-72(5,6)7)32-35-63(84)74-37-38-93-39-40-94-48-59(83)43-55(67(88)79-60(51(4)81)33-36-66(87)95-46-53-23-16-12-17-24-53)30-34-65(86)77-61(31-29-50(3)80)69(90)96-47-54-25-18-13-19-26-54/h11-19,21-26,49,55-57,60-62H,20,27-48H2,1-10H3,(H,74,84)(H,75,92)(H,76,89)(H,77,86)(H,78,85)(H,79,88). The van der Waals surface area contributed by atoms with Gasteiger partial charge in [0.25, 0.3) is 0 Å². The number of nitrogens with one attached hydrogen (secondary N) is 6.